The first-order valence-electron chi connectivity index (χ1n) is 10.2. The molecule has 2 aliphatic heterocycles. The van der Waals surface area contributed by atoms with Gasteiger partial charge in [0.05, 0.1) is 12.7 Å². The number of fused-ring (bicyclic) bond motifs is 2. The Balaban J connectivity index is 1.62. The SMILES string of the molecule is CCOc1ccc(Cc2cc(C34CC(O)CC(OCC)(CO3)O4)ccc2Cl)cc1F. The first kappa shape index (κ1) is 21.5. The fraction of sp³-hybridized carbons (Fsp3) is 0.478. The average Bonchev–Trinajstić information content (AvgIpc) is 2.98. The number of aliphatic hydroxyl groups is 1. The molecule has 0 saturated carbocycles. The highest BCUT2D eigenvalue weighted by Gasteiger charge is 2.58. The van der Waals surface area contributed by atoms with E-state index >= 15 is 0 Å². The molecule has 0 spiro atoms. The van der Waals surface area contributed by atoms with Gasteiger partial charge in [0, 0.05) is 30.0 Å². The van der Waals surface area contributed by atoms with Gasteiger partial charge in [0.25, 0.3) is 0 Å². The van der Waals surface area contributed by atoms with Gasteiger partial charge < -0.3 is 24.1 Å². The van der Waals surface area contributed by atoms with Crippen LogP contribution in [-0.4, -0.2) is 36.8 Å². The summed E-state index contributed by atoms with van der Waals surface area (Å²) in [4.78, 5) is 0. The summed E-state index contributed by atoms with van der Waals surface area (Å²) in [6.07, 6.45) is 0.507. The summed E-state index contributed by atoms with van der Waals surface area (Å²) in [7, 11) is 0. The lowest BCUT2D eigenvalue weighted by molar-refractivity contribution is -0.311. The monoisotopic (exact) mass is 436 g/mol. The van der Waals surface area contributed by atoms with Crippen LogP contribution in [0.1, 0.15) is 43.4 Å². The van der Waals surface area contributed by atoms with Gasteiger partial charge in [-0.15, -0.1) is 0 Å². The van der Waals surface area contributed by atoms with Crippen LogP contribution in [0, 0.1) is 5.82 Å². The van der Waals surface area contributed by atoms with E-state index in [0.717, 1.165) is 16.7 Å². The third-order valence-electron chi connectivity index (χ3n) is 5.51. The van der Waals surface area contributed by atoms with Crippen LogP contribution in [0.4, 0.5) is 4.39 Å². The van der Waals surface area contributed by atoms with Gasteiger partial charge in [-0.2, -0.15) is 0 Å². The number of aliphatic hydroxyl groups excluding tert-OH is 1. The van der Waals surface area contributed by atoms with E-state index in [1.54, 1.807) is 12.1 Å². The molecule has 2 saturated heterocycles. The lowest BCUT2D eigenvalue weighted by Crippen LogP contribution is -2.47. The van der Waals surface area contributed by atoms with Crippen LogP contribution < -0.4 is 4.74 Å². The number of halogens is 2. The Morgan fingerprint density at radius 2 is 2.00 bits per heavy atom. The zero-order valence-corrected chi connectivity index (χ0v) is 17.9. The van der Waals surface area contributed by atoms with E-state index in [1.165, 1.54) is 6.07 Å². The summed E-state index contributed by atoms with van der Waals surface area (Å²) in [5.74, 6) is -2.20. The Hall–Kier alpha value is -1.70. The van der Waals surface area contributed by atoms with Crippen molar-refractivity contribution in [1.82, 2.24) is 0 Å². The molecule has 2 bridgehead atoms. The second kappa shape index (κ2) is 8.44. The highest BCUT2D eigenvalue weighted by molar-refractivity contribution is 6.31. The molecule has 5 nitrogen and oxygen atoms in total. The zero-order chi connectivity index (χ0) is 21.4. The minimum atomic E-state index is -1.09. The van der Waals surface area contributed by atoms with Crippen molar-refractivity contribution in [3.8, 4) is 5.75 Å². The predicted molar refractivity (Wildman–Crippen MR) is 110 cm³/mol. The summed E-state index contributed by atoms with van der Waals surface area (Å²) < 4.78 is 37.6. The summed E-state index contributed by atoms with van der Waals surface area (Å²) >= 11 is 6.44. The standard InChI is InChI=1S/C23H26ClFO5/c1-3-27-21-8-5-15(10-20(21)25)9-16-11-17(6-7-19(16)24)23-13-18(26)12-22(30-23,14-29-23)28-4-2/h5-8,10-11,18,26H,3-4,9,12-14H2,1-2H3. The van der Waals surface area contributed by atoms with Gasteiger partial charge in [-0.3, -0.25) is 0 Å². The Morgan fingerprint density at radius 3 is 2.73 bits per heavy atom. The van der Waals surface area contributed by atoms with Crippen molar-refractivity contribution in [2.45, 2.75) is 50.8 Å². The molecule has 2 fully saturated rings. The molecule has 2 heterocycles. The van der Waals surface area contributed by atoms with Crippen molar-refractivity contribution in [2.24, 2.45) is 0 Å². The molecule has 2 aromatic rings. The van der Waals surface area contributed by atoms with E-state index in [-0.39, 0.29) is 12.4 Å². The van der Waals surface area contributed by atoms with Crippen LogP contribution >= 0.6 is 11.6 Å². The quantitative estimate of drug-likeness (QED) is 0.689. The van der Waals surface area contributed by atoms with Crippen molar-refractivity contribution < 1.29 is 28.4 Å². The highest BCUT2D eigenvalue weighted by atomic mass is 35.5. The lowest BCUT2D eigenvalue weighted by Gasteiger charge is -2.39. The Kier molecular flexibility index (Phi) is 6.06. The van der Waals surface area contributed by atoms with Crippen LogP contribution in [-0.2, 0) is 26.4 Å². The Bertz CT molecular complexity index is 922. The third-order valence-corrected chi connectivity index (χ3v) is 5.88. The summed E-state index contributed by atoms with van der Waals surface area (Å²) in [6.45, 7) is 4.81. The van der Waals surface area contributed by atoms with Gasteiger partial charge in [0.15, 0.2) is 17.4 Å². The summed E-state index contributed by atoms with van der Waals surface area (Å²) in [6, 6.07) is 10.4. The molecule has 2 aromatic carbocycles. The number of hydrogen-bond donors (Lipinski definition) is 1. The van der Waals surface area contributed by atoms with Crippen LogP contribution in [0.2, 0.25) is 5.02 Å². The van der Waals surface area contributed by atoms with Crippen molar-refractivity contribution in [3.05, 3.63) is 63.9 Å². The molecule has 7 heteroatoms. The van der Waals surface area contributed by atoms with Crippen LogP contribution in [0.25, 0.3) is 0 Å². The molecule has 0 radical (unpaired) electrons. The second-order valence-electron chi connectivity index (χ2n) is 7.73. The minimum Gasteiger partial charge on any atom is -0.491 e. The van der Waals surface area contributed by atoms with Crippen molar-refractivity contribution in [1.29, 1.82) is 0 Å². The summed E-state index contributed by atoms with van der Waals surface area (Å²) in [5, 5.41) is 11.0. The molecule has 162 valence electrons. The van der Waals surface area contributed by atoms with Gasteiger partial charge in [-0.05, 0) is 55.7 Å². The van der Waals surface area contributed by atoms with Crippen molar-refractivity contribution >= 4 is 11.6 Å². The molecule has 0 aromatic heterocycles. The van der Waals surface area contributed by atoms with Crippen LogP contribution in [0.15, 0.2) is 36.4 Å². The minimum absolute atomic E-state index is 0.233. The fourth-order valence-electron chi connectivity index (χ4n) is 4.28. The van der Waals surface area contributed by atoms with E-state index in [1.807, 2.05) is 32.0 Å². The largest absolute Gasteiger partial charge is 0.491 e. The van der Waals surface area contributed by atoms with Gasteiger partial charge >= 0.3 is 0 Å². The van der Waals surface area contributed by atoms with Crippen molar-refractivity contribution in [3.63, 3.8) is 0 Å². The normalized spacial score (nSPS) is 28.0. The molecule has 0 amide bonds. The van der Waals surface area contributed by atoms with E-state index in [4.69, 9.17) is 30.5 Å². The zero-order valence-electron chi connectivity index (χ0n) is 17.1. The summed E-state index contributed by atoms with van der Waals surface area (Å²) in [5.41, 5.74) is 2.34. The maximum atomic E-state index is 14.2. The molecule has 4 rings (SSSR count). The van der Waals surface area contributed by atoms with E-state index in [0.29, 0.717) is 37.5 Å². The highest BCUT2D eigenvalue weighted by Crippen LogP contribution is 2.50. The van der Waals surface area contributed by atoms with E-state index in [9.17, 15) is 9.50 Å². The number of benzene rings is 2. The first-order chi connectivity index (χ1) is 14.4. The first-order valence-corrected chi connectivity index (χ1v) is 10.6. The van der Waals surface area contributed by atoms with E-state index < -0.39 is 23.5 Å². The third kappa shape index (κ3) is 4.07. The molecule has 0 aliphatic carbocycles. The average molecular weight is 437 g/mol. The fourth-order valence-corrected chi connectivity index (χ4v) is 4.46. The maximum absolute atomic E-state index is 14.2. The number of rotatable bonds is 7. The lowest BCUT2D eigenvalue weighted by atomic mass is 9.91. The molecule has 1 N–H and O–H groups in total. The predicted octanol–water partition coefficient (Wildman–Crippen LogP) is 4.56. The van der Waals surface area contributed by atoms with Crippen LogP contribution in [0.3, 0.4) is 0 Å². The molecule has 3 unspecified atom stereocenters. The van der Waals surface area contributed by atoms with Gasteiger partial charge in [0.1, 0.15) is 6.61 Å². The Morgan fingerprint density at radius 1 is 1.17 bits per heavy atom. The van der Waals surface area contributed by atoms with Gasteiger partial charge in [-0.25, -0.2) is 4.39 Å². The van der Waals surface area contributed by atoms with E-state index in [2.05, 4.69) is 0 Å². The number of ether oxygens (including phenoxy) is 4. The Labute approximate surface area is 180 Å². The van der Waals surface area contributed by atoms with Crippen LogP contribution in [0.5, 0.6) is 5.75 Å². The molecule has 30 heavy (non-hydrogen) atoms. The second-order valence-corrected chi connectivity index (χ2v) is 8.14. The van der Waals surface area contributed by atoms with Gasteiger partial charge in [-0.1, -0.05) is 23.7 Å². The van der Waals surface area contributed by atoms with Gasteiger partial charge in [0.2, 0.25) is 5.79 Å². The smallest absolute Gasteiger partial charge is 0.200 e. The maximum Gasteiger partial charge on any atom is 0.200 e. The molecule has 3 atom stereocenters. The molecular formula is C23H26ClFO5. The van der Waals surface area contributed by atoms with Crippen molar-refractivity contribution in [2.75, 3.05) is 19.8 Å². The number of hydrogen-bond acceptors (Lipinski definition) is 5. The molecular weight excluding hydrogens is 411 g/mol. The molecule has 2 aliphatic rings. The topological polar surface area (TPSA) is 57.2 Å².